The van der Waals surface area contributed by atoms with Gasteiger partial charge in [-0.1, -0.05) is 11.6 Å². The lowest BCUT2D eigenvalue weighted by molar-refractivity contribution is -0.121. The SMILES string of the molecule is O=C(CCCNC(=O)c1ccc(Cl)cc1)NCCc1ncc[nH]1. The molecular weight excluding hydrogens is 316 g/mol. The third-order valence-electron chi connectivity index (χ3n) is 3.21. The van der Waals surface area contributed by atoms with E-state index in [4.69, 9.17) is 11.6 Å². The van der Waals surface area contributed by atoms with Gasteiger partial charge in [0, 0.05) is 48.9 Å². The number of benzene rings is 1. The fourth-order valence-electron chi connectivity index (χ4n) is 2.00. The van der Waals surface area contributed by atoms with Crippen molar-refractivity contribution in [3.8, 4) is 0 Å². The first-order valence-corrected chi connectivity index (χ1v) is 7.81. The van der Waals surface area contributed by atoms with E-state index >= 15 is 0 Å². The first-order valence-electron chi connectivity index (χ1n) is 7.44. The maximum Gasteiger partial charge on any atom is 0.251 e. The number of imidazole rings is 1. The molecule has 0 aliphatic carbocycles. The summed E-state index contributed by atoms with van der Waals surface area (Å²) in [6.07, 6.45) is 5.07. The number of aromatic nitrogens is 2. The van der Waals surface area contributed by atoms with Crippen molar-refractivity contribution in [2.75, 3.05) is 13.1 Å². The number of rotatable bonds is 8. The largest absolute Gasteiger partial charge is 0.356 e. The van der Waals surface area contributed by atoms with Gasteiger partial charge in [-0.3, -0.25) is 9.59 Å². The molecular formula is C16H19ClN4O2. The van der Waals surface area contributed by atoms with Gasteiger partial charge in [0.25, 0.3) is 5.91 Å². The summed E-state index contributed by atoms with van der Waals surface area (Å²) >= 11 is 5.77. The summed E-state index contributed by atoms with van der Waals surface area (Å²) in [6.45, 7) is 0.997. The number of aromatic amines is 1. The quantitative estimate of drug-likeness (QED) is 0.645. The van der Waals surface area contributed by atoms with Crippen LogP contribution in [0.5, 0.6) is 0 Å². The van der Waals surface area contributed by atoms with Crippen LogP contribution in [0.25, 0.3) is 0 Å². The van der Waals surface area contributed by atoms with Crippen molar-refractivity contribution in [2.45, 2.75) is 19.3 Å². The number of halogens is 1. The summed E-state index contributed by atoms with van der Waals surface area (Å²) in [4.78, 5) is 30.5. The van der Waals surface area contributed by atoms with E-state index in [2.05, 4.69) is 20.6 Å². The summed E-state index contributed by atoms with van der Waals surface area (Å²) in [5.41, 5.74) is 0.553. The molecule has 1 heterocycles. The third-order valence-corrected chi connectivity index (χ3v) is 3.46. The third kappa shape index (κ3) is 6.12. The lowest BCUT2D eigenvalue weighted by Gasteiger charge is -2.06. The number of nitrogens with zero attached hydrogens (tertiary/aromatic N) is 1. The van der Waals surface area contributed by atoms with Gasteiger partial charge >= 0.3 is 0 Å². The van der Waals surface area contributed by atoms with E-state index in [1.54, 1.807) is 36.7 Å². The molecule has 7 heteroatoms. The lowest BCUT2D eigenvalue weighted by atomic mass is 10.2. The van der Waals surface area contributed by atoms with E-state index in [9.17, 15) is 9.59 Å². The minimum atomic E-state index is -0.167. The molecule has 0 spiro atoms. The average molecular weight is 335 g/mol. The predicted octanol–water partition coefficient (Wildman–Crippen LogP) is 1.93. The molecule has 2 aromatic rings. The second-order valence-electron chi connectivity index (χ2n) is 5.00. The zero-order valence-electron chi connectivity index (χ0n) is 12.6. The molecule has 0 bridgehead atoms. The number of carbonyl (C=O) groups is 2. The van der Waals surface area contributed by atoms with Crippen molar-refractivity contribution in [2.24, 2.45) is 0 Å². The maximum atomic E-state index is 11.8. The van der Waals surface area contributed by atoms with E-state index in [-0.39, 0.29) is 11.8 Å². The molecule has 0 atom stereocenters. The predicted molar refractivity (Wildman–Crippen MR) is 88.3 cm³/mol. The number of H-pyrrole nitrogens is 1. The molecule has 1 aromatic carbocycles. The highest BCUT2D eigenvalue weighted by molar-refractivity contribution is 6.30. The standard InChI is InChI=1S/C16H19ClN4O2/c17-13-5-3-12(4-6-13)16(23)21-8-1-2-15(22)20-9-7-14-18-10-11-19-14/h3-6,10-11H,1-2,7-9H2,(H,18,19)(H,20,22)(H,21,23). The van der Waals surface area contributed by atoms with Crippen LogP contribution in [-0.2, 0) is 11.2 Å². The highest BCUT2D eigenvalue weighted by Gasteiger charge is 2.06. The summed E-state index contributed by atoms with van der Waals surface area (Å²) in [6, 6.07) is 6.67. The molecule has 2 amide bonds. The normalized spacial score (nSPS) is 10.3. The van der Waals surface area contributed by atoms with Crippen LogP contribution in [0.2, 0.25) is 5.02 Å². The second kappa shape index (κ2) is 8.95. The van der Waals surface area contributed by atoms with Crippen LogP contribution in [0, 0.1) is 0 Å². The van der Waals surface area contributed by atoms with E-state index in [1.807, 2.05) is 0 Å². The number of nitrogens with one attached hydrogen (secondary N) is 3. The van der Waals surface area contributed by atoms with Gasteiger partial charge < -0.3 is 15.6 Å². The fraction of sp³-hybridized carbons (Fsp3) is 0.312. The van der Waals surface area contributed by atoms with Crippen molar-refractivity contribution in [1.29, 1.82) is 0 Å². The lowest BCUT2D eigenvalue weighted by Crippen LogP contribution is -2.28. The summed E-state index contributed by atoms with van der Waals surface area (Å²) in [5, 5.41) is 6.19. The molecule has 1 aromatic heterocycles. The van der Waals surface area contributed by atoms with Gasteiger partial charge in [-0.25, -0.2) is 4.98 Å². The van der Waals surface area contributed by atoms with E-state index in [1.165, 1.54) is 0 Å². The van der Waals surface area contributed by atoms with Crippen LogP contribution in [0.15, 0.2) is 36.7 Å². The number of carbonyl (C=O) groups excluding carboxylic acids is 2. The number of amides is 2. The Morgan fingerprint density at radius 2 is 1.91 bits per heavy atom. The molecule has 23 heavy (non-hydrogen) atoms. The van der Waals surface area contributed by atoms with Crippen LogP contribution in [-0.4, -0.2) is 34.9 Å². The van der Waals surface area contributed by atoms with Crippen molar-refractivity contribution < 1.29 is 9.59 Å². The smallest absolute Gasteiger partial charge is 0.251 e. The Morgan fingerprint density at radius 3 is 2.61 bits per heavy atom. The minimum Gasteiger partial charge on any atom is -0.356 e. The first-order chi connectivity index (χ1) is 11.1. The van der Waals surface area contributed by atoms with Crippen LogP contribution >= 0.6 is 11.6 Å². The van der Waals surface area contributed by atoms with Gasteiger partial charge in [0.05, 0.1) is 0 Å². The summed E-state index contributed by atoms with van der Waals surface area (Å²) in [5.74, 6) is 0.651. The zero-order valence-corrected chi connectivity index (χ0v) is 13.4. The van der Waals surface area contributed by atoms with Gasteiger partial charge in [-0.2, -0.15) is 0 Å². The molecule has 6 nitrogen and oxygen atoms in total. The molecule has 122 valence electrons. The highest BCUT2D eigenvalue weighted by atomic mass is 35.5. The van der Waals surface area contributed by atoms with Gasteiger partial charge in [-0.15, -0.1) is 0 Å². The van der Waals surface area contributed by atoms with Crippen molar-refractivity contribution >= 4 is 23.4 Å². The number of hydrogen-bond donors (Lipinski definition) is 3. The molecule has 0 unspecified atom stereocenters. The first kappa shape index (κ1) is 17.0. The maximum absolute atomic E-state index is 11.8. The van der Waals surface area contributed by atoms with E-state index in [0.29, 0.717) is 42.9 Å². The fourth-order valence-corrected chi connectivity index (χ4v) is 2.12. The molecule has 0 aliphatic rings. The van der Waals surface area contributed by atoms with Crippen LogP contribution in [0.1, 0.15) is 29.0 Å². The van der Waals surface area contributed by atoms with E-state index in [0.717, 1.165) is 5.82 Å². The molecule has 0 saturated heterocycles. The summed E-state index contributed by atoms with van der Waals surface area (Å²) < 4.78 is 0. The van der Waals surface area contributed by atoms with Crippen LogP contribution < -0.4 is 10.6 Å². The zero-order chi connectivity index (χ0) is 16.5. The average Bonchev–Trinajstić information content (AvgIpc) is 3.05. The van der Waals surface area contributed by atoms with Crippen molar-refractivity contribution in [3.05, 3.63) is 53.1 Å². The minimum absolute atomic E-state index is 0.0303. The summed E-state index contributed by atoms with van der Waals surface area (Å²) in [7, 11) is 0. The van der Waals surface area contributed by atoms with Crippen LogP contribution in [0.3, 0.4) is 0 Å². The topological polar surface area (TPSA) is 86.9 Å². The van der Waals surface area contributed by atoms with Gasteiger partial charge in [-0.05, 0) is 30.7 Å². The Morgan fingerprint density at radius 1 is 1.13 bits per heavy atom. The molecule has 2 rings (SSSR count). The van der Waals surface area contributed by atoms with Gasteiger partial charge in [0.15, 0.2) is 0 Å². The molecule has 0 radical (unpaired) electrons. The van der Waals surface area contributed by atoms with Gasteiger partial charge in [0.1, 0.15) is 5.82 Å². The Hall–Kier alpha value is -2.34. The van der Waals surface area contributed by atoms with Crippen molar-refractivity contribution in [1.82, 2.24) is 20.6 Å². The van der Waals surface area contributed by atoms with Crippen LogP contribution in [0.4, 0.5) is 0 Å². The Labute approximate surface area is 139 Å². The molecule has 0 fully saturated rings. The Bertz CT molecular complexity index is 626. The Balaban J connectivity index is 1.56. The van der Waals surface area contributed by atoms with Gasteiger partial charge in [0.2, 0.25) is 5.91 Å². The molecule has 0 aliphatic heterocycles. The highest BCUT2D eigenvalue weighted by Crippen LogP contribution is 2.09. The van der Waals surface area contributed by atoms with E-state index < -0.39 is 0 Å². The Kier molecular flexibility index (Phi) is 6.62. The molecule has 0 saturated carbocycles. The van der Waals surface area contributed by atoms with Crippen molar-refractivity contribution in [3.63, 3.8) is 0 Å². The molecule has 3 N–H and O–H groups in total. The monoisotopic (exact) mass is 334 g/mol. The number of hydrogen-bond acceptors (Lipinski definition) is 3. The second-order valence-corrected chi connectivity index (χ2v) is 5.44.